The van der Waals surface area contributed by atoms with Gasteiger partial charge in [0, 0.05) is 11.7 Å². The minimum absolute atomic E-state index is 0.0438. The fourth-order valence-electron chi connectivity index (χ4n) is 2.94. The monoisotopic (exact) mass is 420 g/mol. The smallest absolute Gasteiger partial charge is 0.262 e. The van der Waals surface area contributed by atoms with Crippen molar-refractivity contribution in [3.8, 4) is 5.75 Å². The first-order valence-electron chi connectivity index (χ1n) is 8.61. The maximum atomic E-state index is 13.1. The Bertz CT molecular complexity index is 1030. The van der Waals surface area contributed by atoms with E-state index in [-0.39, 0.29) is 11.5 Å². The molecule has 1 atom stereocenters. The van der Waals surface area contributed by atoms with E-state index < -0.39 is 4.33 Å². The first-order chi connectivity index (χ1) is 13.0. The van der Waals surface area contributed by atoms with Gasteiger partial charge in [-0.25, -0.2) is 4.98 Å². The number of ether oxygens (including phenoxy) is 1. The molecule has 1 fully saturated rings. The molecule has 0 aliphatic heterocycles. The first-order valence-corrected chi connectivity index (χ1v) is 10.4. The molecule has 1 unspecified atom stereocenters. The van der Waals surface area contributed by atoms with Crippen LogP contribution in [0.25, 0.3) is 10.9 Å². The SMILES string of the molecule is COc1ccc(Cn2c(SCC3CC3(Cl)Cl)nc3ccccc3c2=O)cc1. The van der Waals surface area contributed by atoms with Gasteiger partial charge in [0.1, 0.15) is 10.1 Å². The highest BCUT2D eigenvalue weighted by Gasteiger charge is 2.51. The normalized spacial score (nSPS) is 17.8. The second-order valence-electron chi connectivity index (χ2n) is 6.62. The summed E-state index contributed by atoms with van der Waals surface area (Å²) in [7, 11) is 1.63. The number of halogens is 2. The Morgan fingerprint density at radius 1 is 1.22 bits per heavy atom. The summed E-state index contributed by atoms with van der Waals surface area (Å²) in [5.41, 5.74) is 1.67. The van der Waals surface area contributed by atoms with Gasteiger partial charge in [-0.1, -0.05) is 36.0 Å². The van der Waals surface area contributed by atoms with E-state index in [9.17, 15) is 4.79 Å². The van der Waals surface area contributed by atoms with E-state index in [2.05, 4.69) is 0 Å². The van der Waals surface area contributed by atoms with Crippen LogP contribution in [0.15, 0.2) is 58.5 Å². The topological polar surface area (TPSA) is 44.1 Å². The Kier molecular flexibility index (Phi) is 5.10. The molecule has 0 N–H and O–H groups in total. The van der Waals surface area contributed by atoms with Crippen LogP contribution in [-0.4, -0.2) is 26.7 Å². The zero-order valence-corrected chi connectivity index (χ0v) is 17.0. The molecule has 2 aromatic carbocycles. The largest absolute Gasteiger partial charge is 0.497 e. The Balaban J connectivity index is 1.70. The predicted octanol–water partition coefficient (Wildman–Crippen LogP) is 4.74. The standard InChI is InChI=1S/C20H18Cl2N2O2S/c1-26-15-8-6-13(7-9-15)11-24-18(25)16-4-2-3-5-17(16)23-19(24)27-12-14-10-20(14,21)22/h2-9,14H,10-12H2,1H3. The Morgan fingerprint density at radius 3 is 2.59 bits per heavy atom. The molecule has 27 heavy (non-hydrogen) atoms. The number of alkyl halides is 2. The Labute approximate surface area is 171 Å². The molecule has 0 spiro atoms. The number of para-hydroxylation sites is 1. The van der Waals surface area contributed by atoms with Crippen LogP contribution in [0.3, 0.4) is 0 Å². The fourth-order valence-corrected chi connectivity index (χ4v) is 4.86. The average Bonchev–Trinajstić information content (AvgIpc) is 3.30. The Hall–Kier alpha value is -1.69. The zero-order valence-electron chi connectivity index (χ0n) is 14.7. The molecule has 1 aliphatic carbocycles. The van der Waals surface area contributed by atoms with Crippen molar-refractivity contribution in [1.29, 1.82) is 0 Å². The van der Waals surface area contributed by atoms with Crippen LogP contribution in [0.4, 0.5) is 0 Å². The third-order valence-corrected chi connectivity index (χ3v) is 6.76. The van der Waals surface area contributed by atoms with Gasteiger partial charge in [-0.15, -0.1) is 23.2 Å². The van der Waals surface area contributed by atoms with Crippen LogP contribution in [0.5, 0.6) is 5.75 Å². The molecule has 4 nitrogen and oxygen atoms in total. The lowest BCUT2D eigenvalue weighted by Crippen LogP contribution is -2.24. The lowest BCUT2D eigenvalue weighted by atomic mass is 10.2. The van der Waals surface area contributed by atoms with E-state index in [1.54, 1.807) is 11.7 Å². The van der Waals surface area contributed by atoms with E-state index in [0.717, 1.165) is 23.5 Å². The number of rotatable bonds is 6. The van der Waals surface area contributed by atoms with E-state index in [0.29, 0.717) is 22.6 Å². The summed E-state index contributed by atoms with van der Waals surface area (Å²) in [5.74, 6) is 1.75. The van der Waals surface area contributed by atoms with Gasteiger partial charge < -0.3 is 4.74 Å². The average molecular weight is 421 g/mol. The maximum Gasteiger partial charge on any atom is 0.262 e. The van der Waals surface area contributed by atoms with Crippen molar-refractivity contribution < 1.29 is 4.74 Å². The van der Waals surface area contributed by atoms with Crippen molar-refractivity contribution in [1.82, 2.24) is 9.55 Å². The molecular weight excluding hydrogens is 403 g/mol. The van der Waals surface area contributed by atoms with Gasteiger partial charge in [-0.3, -0.25) is 9.36 Å². The molecule has 4 rings (SSSR count). The summed E-state index contributed by atoms with van der Waals surface area (Å²) in [6.07, 6.45) is 0.777. The van der Waals surface area contributed by atoms with Crippen molar-refractivity contribution in [2.24, 2.45) is 5.92 Å². The molecule has 1 heterocycles. The van der Waals surface area contributed by atoms with Gasteiger partial charge in [-0.05, 0) is 36.2 Å². The highest BCUT2D eigenvalue weighted by molar-refractivity contribution is 7.99. The quantitative estimate of drug-likeness (QED) is 0.328. The second-order valence-corrected chi connectivity index (χ2v) is 9.15. The van der Waals surface area contributed by atoms with E-state index in [1.165, 1.54) is 11.8 Å². The molecule has 0 amide bonds. The lowest BCUT2D eigenvalue weighted by Gasteiger charge is -2.13. The summed E-state index contributed by atoms with van der Waals surface area (Å²) in [6.45, 7) is 0.445. The molecule has 3 aromatic rings. The van der Waals surface area contributed by atoms with Gasteiger partial charge in [-0.2, -0.15) is 0 Å². The van der Waals surface area contributed by atoms with Gasteiger partial charge in [0.2, 0.25) is 0 Å². The van der Waals surface area contributed by atoms with Crippen LogP contribution in [-0.2, 0) is 6.54 Å². The predicted molar refractivity (Wildman–Crippen MR) is 111 cm³/mol. The third kappa shape index (κ3) is 3.96. The lowest BCUT2D eigenvalue weighted by molar-refractivity contribution is 0.414. The second kappa shape index (κ2) is 7.38. The maximum absolute atomic E-state index is 13.1. The molecule has 1 aromatic heterocycles. The van der Waals surface area contributed by atoms with Gasteiger partial charge in [0.05, 0.1) is 24.6 Å². The molecule has 0 radical (unpaired) electrons. The van der Waals surface area contributed by atoms with Crippen molar-refractivity contribution in [2.45, 2.75) is 22.5 Å². The first kappa shape index (κ1) is 18.7. The molecule has 1 aliphatic rings. The van der Waals surface area contributed by atoms with E-state index in [1.807, 2.05) is 48.5 Å². The van der Waals surface area contributed by atoms with Crippen molar-refractivity contribution in [3.63, 3.8) is 0 Å². The van der Waals surface area contributed by atoms with E-state index in [4.69, 9.17) is 32.9 Å². The van der Waals surface area contributed by atoms with Crippen LogP contribution in [0.2, 0.25) is 0 Å². The zero-order chi connectivity index (χ0) is 19.0. The molecule has 1 saturated carbocycles. The van der Waals surface area contributed by atoms with Gasteiger partial charge in [0.25, 0.3) is 5.56 Å². The fraction of sp³-hybridized carbons (Fsp3) is 0.300. The molecule has 140 valence electrons. The van der Waals surface area contributed by atoms with Crippen molar-refractivity contribution in [3.05, 3.63) is 64.4 Å². The van der Waals surface area contributed by atoms with Gasteiger partial charge >= 0.3 is 0 Å². The van der Waals surface area contributed by atoms with Crippen molar-refractivity contribution >= 4 is 45.9 Å². The van der Waals surface area contributed by atoms with Crippen molar-refractivity contribution in [2.75, 3.05) is 12.9 Å². The van der Waals surface area contributed by atoms with Crippen LogP contribution < -0.4 is 10.3 Å². The number of hydrogen-bond acceptors (Lipinski definition) is 4. The third-order valence-electron chi connectivity index (χ3n) is 4.70. The number of fused-ring (bicyclic) bond motifs is 1. The summed E-state index contributed by atoms with van der Waals surface area (Å²) in [6, 6.07) is 15.1. The number of methoxy groups -OCH3 is 1. The van der Waals surface area contributed by atoms with Crippen LogP contribution in [0.1, 0.15) is 12.0 Å². The number of hydrogen-bond donors (Lipinski definition) is 0. The highest BCUT2D eigenvalue weighted by atomic mass is 35.5. The number of thioether (sulfide) groups is 1. The number of nitrogens with zero attached hydrogens (tertiary/aromatic N) is 2. The summed E-state index contributed by atoms with van der Waals surface area (Å²) in [5, 5.41) is 1.30. The minimum Gasteiger partial charge on any atom is -0.497 e. The van der Waals surface area contributed by atoms with Crippen LogP contribution >= 0.6 is 35.0 Å². The summed E-state index contributed by atoms with van der Waals surface area (Å²) in [4.78, 5) is 17.8. The summed E-state index contributed by atoms with van der Waals surface area (Å²) < 4.78 is 6.30. The molecular formula is C20H18Cl2N2O2S. The Morgan fingerprint density at radius 2 is 1.93 bits per heavy atom. The summed E-state index contributed by atoms with van der Waals surface area (Å²) >= 11 is 13.8. The molecule has 0 bridgehead atoms. The number of aromatic nitrogens is 2. The van der Waals surface area contributed by atoms with Crippen LogP contribution in [0, 0.1) is 5.92 Å². The number of benzene rings is 2. The highest BCUT2D eigenvalue weighted by Crippen LogP contribution is 2.54. The molecule has 7 heteroatoms. The van der Waals surface area contributed by atoms with E-state index >= 15 is 0 Å². The molecule has 0 saturated heterocycles. The minimum atomic E-state index is -0.634. The van der Waals surface area contributed by atoms with Gasteiger partial charge in [0.15, 0.2) is 5.16 Å².